The van der Waals surface area contributed by atoms with Crippen molar-refractivity contribution in [1.29, 1.82) is 0 Å². The molecular weight excluding hydrogens is 354 g/mol. The molecule has 0 spiro atoms. The van der Waals surface area contributed by atoms with Gasteiger partial charge in [-0.2, -0.15) is 4.98 Å². The van der Waals surface area contributed by atoms with Crippen molar-refractivity contribution in [3.63, 3.8) is 0 Å². The predicted molar refractivity (Wildman–Crippen MR) is 95.6 cm³/mol. The number of rotatable bonds is 6. The summed E-state index contributed by atoms with van der Waals surface area (Å²) in [5, 5.41) is 6.63. The zero-order valence-electron chi connectivity index (χ0n) is 14.8. The second kappa shape index (κ2) is 7.99. The maximum atomic E-state index is 12.4. The van der Waals surface area contributed by atoms with Crippen molar-refractivity contribution in [3.8, 4) is 0 Å². The highest BCUT2D eigenvalue weighted by Crippen LogP contribution is 2.18. The number of hydrogen-bond acceptors (Lipinski definition) is 6. The molecule has 0 unspecified atom stereocenters. The summed E-state index contributed by atoms with van der Waals surface area (Å²) < 4.78 is 29.7. The molecule has 2 aromatic rings. The van der Waals surface area contributed by atoms with E-state index >= 15 is 0 Å². The lowest BCUT2D eigenvalue weighted by Crippen LogP contribution is -2.36. The zero-order valence-corrected chi connectivity index (χ0v) is 15.6. The van der Waals surface area contributed by atoms with Gasteiger partial charge in [-0.1, -0.05) is 42.1 Å². The predicted octanol–water partition coefficient (Wildman–Crippen LogP) is 2.46. The molecule has 0 atom stereocenters. The SMILES string of the molecule is Cc1ccc(S(=O)(=O)CCc2noc(C(=O)NC3CCCCC3)n2)cc1. The number of benzene rings is 1. The third-order valence-corrected chi connectivity index (χ3v) is 6.31. The summed E-state index contributed by atoms with van der Waals surface area (Å²) in [4.78, 5) is 16.5. The van der Waals surface area contributed by atoms with Crippen molar-refractivity contribution < 1.29 is 17.7 Å². The normalized spacial score (nSPS) is 15.7. The van der Waals surface area contributed by atoms with E-state index < -0.39 is 15.7 Å². The van der Waals surface area contributed by atoms with Crippen molar-refractivity contribution in [1.82, 2.24) is 15.5 Å². The Labute approximate surface area is 153 Å². The summed E-state index contributed by atoms with van der Waals surface area (Å²) >= 11 is 0. The number of carbonyl (C=O) groups is 1. The highest BCUT2D eigenvalue weighted by molar-refractivity contribution is 7.91. The first-order valence-electron chi connectivity index (χ1n) is 8.87. The standard InChI is InChI=1S/C18H23N3O4S/c1-13-7-9-15(10-8-13)26(23,24)12-11-16-20-18(25-21-16)17(22)19-14-5-3-2-4-6-14/h7-10,14H,2-6,11-12H2,1H3,(H,19,22). The highest BCUT2D eigenvalue weighted by atomic mass is 32.2. The molecular formula is C18H23N3O4S. The third-order valence-electron chi connectivity index (χ3n) is 4.58. The first-order chi connectivity index (χ1) is 12.4. The fraction of sp³-hybridized carbons (Fsp3) is 0.500. The van der Waals surface area contributed by atoms with Gasteiger partial charge in [0.2, 0.25) is 0 Å². The topological polar surface area (TPSA) is 102 Å². The Bertz CT molecular complexity index is 853. The fourth-order valence-corrected chi connectivity index (χ4v) is 4.27. The van der Waals surface area contributed by atoms with Gasteiger partial charge in [-0.15, -0.1) is 0 Å². The Hall–Kier alpha value is -2.22. The Morgan fingerprint density at radius 1 is 1.19 bits per heavy atom. The molecule has 1 aromatic carbocycles. The molecule has 0 radical (unpaired) electrons. The third kappa shape index (κ3) is 4.69. The Morgan fingerprint density at radius 2 is 1.88 bits per heavy atom. The van der Waals surface area contributed by atoms with Crippen LogP contribution in [0.2, 0.25) is 0 Å². The van der Waals surface area contributed by atoms with Crippen LogP contribution in [0.5, 0.6) is 0 Å². The molecule has 140 valence electrons. The molecule has 0 aliphatic heterocycles. The van der Waals surface area contributed by atoms with Gasteiger partial charge < -0.3 is 9.84 Å². The van der Waals surface area contributed by atoms with Crippen LogP contribution in [0.4, 0.5) is 0 Å². The largest absolute Gasteiger partial charge is 0.345 e. The minimum Gasteiger partial charge on any atom is -0.345 e. The number of carbonyl (C=O) groups excluding carboxylic acids is 1. The number of nitrogens with zero attached hydrogens (tertiary/aromatic N) is 2. The van der Waals surface area contributed by atoms with E-state index in [4.69, 9.17) is 4.52 Å². The second-order valence-electron chi connectivity index (χ2n) is 6.71. The highest BCUT2D eigenvalue weighted by Gasteiger charge is 2.22. The first kappa shape index (κ1) is 18.6. The molecule has 7 nitrogen and oxygen atoms in total. The number of amides is 1. The number of aryl methyl sites for hydroxylation is 2. The maximum Gasteiger partial charge on any atom is 0.315 e. The van der Waals surface area contributed by atoms with Crippen LogP contribution in [0, 0.1) is 6.92 Å². The molecule has 0 bridgehead atoms. The van der Waals surface area contributed by atoms with Gasteiger partial charge in [0.1, 0.15) is 0 Å². The van der Waals surface area contributed by atoms with Crippen LogP contribution in [-0.2, 0) is 16.3 Å². The van der Waals surface area contributed by atoms with Gasteiger partial charge in [0.05, 0.1) is 10.6 Å². The van der Waals surface area contributed by atoms with Crippen LogP contribution in [-0.4, -0.2) is 36.3 Å². The van der Waals surface area contributed by atoms with E-state index in [1.54, 1.807) is 24.3 Å². The smallest absolute Gasteiger partial charge is 0.315 e. The van der Waals surface area contributed by atoms with E-state index in [1.807, 2.05) is 6.92 Å². The lowest BCUT2D eigenvalue weighted by atomic mass is 9.95. The second-order valence-corrected chi connectivity index (χ2v) is 8.82. The Kier molecular flexibility index (Phi) is 5.70. The molecule has 1 saturated carbocycles. The molecule has 1 fully saturated rings. The fourth-order valence-electron chi connectivity index (χ4n) is 3.03. The van der Waals surface area contributed by atoms with Gasteiger partial charge in [0, 0.05) is 12.5 Å². The van der Waals surface area contributed by atoms with Crippen LogP contribution < -0.4 is 5.32 Å². The number of nitrogens with one attached hydrogen (secondary N) is 1. The van der Waals surface area contributed by atoms with Crippen molar-refractivity contribution in [2.24, 2.45) is 0 Å². The quantitative estimate of drug-likeness (QED) is 0.829. The molecule has 1 aromatic heterocycles. The molecule has 1 aliphatic rings. The average molecular weight is 377 g/mol. The average Bonchev–Trinajstić information content (AvgIpc) is 3.11. The van der Waals surface area contributed by atoms with E-state index in [1.165, 1.54) is 6.42 Å². The summed E-state index contributed by atoms with van der Waals surface area (Å²) in [6.07, 6.45) is 5.43. The maximum absolute atomic E-state index is 12.4. The molecule has 1 aliphatic carbocycles. The summed E-state index contributed by atoms with van der Waals surface area (Å²) in [7, 11) is -3.43. The monoisotopic (exact) mass is 377 g/mol. The number of aromatic nitrogens is 2. The molecule has 1 N–H and O–H groups in total. The van der Waals surface area contributed by atoms with Gasteiger partial charge in [-0.25, -0.2) is 8.42 Å². The van der Waals surface area contributed by atoms with E-state index in [0.717, 1.165) is 31.2 Å². The summed E-state index contributed by atoms with van der Waals surface area (Å²) in [5.41, 5.74) is 0.996. The van der Waals surface area contributed by atoms with E-state index in [2.05, 4.69) is 15.5 Å². The molecule has 8 heteroatoms. The van der Waals surface area contributed by atoms with Crippen LogP contribution in [0.1, 0.15) is 54.2 Å². The first-order valence-corrected chi connectivity index (χ1v) is 10.5. The molecule has 1 amide bonds. The van der Waals surface area contributed by atoms with Gasteiger partial charge in [-0.05, 0) is 31.9 Å². The number of sulfone groups is 1. The van der Waals surface area contributed by atoms with Gasteiger partial charge in [0.25, 0.3) is 0 Å². The van der Waals surface area contributed by atoms with E-state index in [-0.39, 0.29) is 34.8 Å². The summed E-state index contributed by atoms with van der Waals surface area (Å²) in [6.45, 7) is 1.90. The number of hydrogen-bond donors (Lipinski definition) is 1. The minimum absolute atomic E-state index is 0.0937. The molecule has 1 heterocycles. The van der Waals surface area contributed by atoms with Crippen LogP contribution >= 0.6 is 0 Å². The van der Waals surface area contributed by atoms with E-state index in [0.29, 0.717) is 0 Å². The molecule has 3 rings (SSSR count). The summed E-state index contributed by atoms with van der Waals surface area (Å²) in [5.74, 6) is -0.427. The van der Waals surface area contributed by atoms with Crippen molar-refractivity contribution in [2.45, 2.75) is 56.4 Å². The summed E-state index contributed by atoms with van der Waals surface area (Å²) in [6, 6.07) is 6.84. The Morgan fingerprint density at radius 3 is 2.58 bits per heavy atom. The lowest BCUT2D eigenvalue weighted by molar-refractivity contribution is 0.0883. The Balaban J connectivity index is 1.57. The van der Waals surface area contributed by atoms with Crippen LogP contribution in [0.15, 0.2) is 33.7 Å². The zero-order chi connectivity index (χ0) is 18.6. The van der Waals surface area contributed by atoms with Crippen molar-refractivity contribution in [3.05, 3.63) is 41.5 Å². The molecule has 26 heavy (non-hydrogen) atoms. The van der Waals surface area contributed by atoms with Gasteiger partial charge in [0.15, 0.2) is 15.7 Å². The van der Waals surface area contributed by atoms with Crippen molar-refractivity contribution in [2.75, 3.05) is 5.75 Å². The van der Waals surface area contributed by atoms with Gasteiger partial charge >= 0.3 is 11.8 Å². The van der Waals surface area contributed by atoms with Crippen LogP contribution in [0.3, 0.4) is 0 Å². The van der Waals surface area contributed by atoms with Crippen molar-refractivity contribution >= 4 is 15.7 Å². The van der Waals surface area contributed by atoms with Crippen LogP contribution in [0.25, 0.3) is 0 Å². The van der Waals surface area contributed by atoms with E-state index in [9.17, 15) is 13.2 Å². The molecule has 0 saturated heterocycles. The lowest BCUT2D eigenvalue weighted by Gasteiger charge is -2.21. The van der Waals surface area contributed by atoms with Gasteiger partial charge in [-0.3, -0.25) is 4.79 Å². The minimum atomic E-state index is -3.43.